The van der Waals surface area contributed by atoms with Crippen LogP contribution in [-0.4, -0.2) is 22.5 Å². The smallest absolute Gasteiger partial charge is 0.261 e. The van der Waals surface area contributed by atoms with Gasteiger partial charge in [0.25, 0.3) is 5.56 Å². The highest BCUT2D eigenvalue weighted by atomic mass is 16.2. The fourth-order valence-electron chi connectivity index (χ4n) is 3.59. The van der Waals surface area contributed by atoms with Gasteiger partial charge in [0, 0.05) is 25.7 Å². The van der Waals surface area contributed by atoms with Gasteiger partial charge in [-0.1, -0.05) is 42.5 Å². The van der Waals surface area contributed by atoms with Crippen molar-refractivity contribution in [1.82, 2.24) is 9.55 Å². The highest BCUT2D eigenvalue weighted by Crippen LogP contribution is 2.30. The van der Waals surface area contributed by atoms with E-state index in [9.17, 15) is 9.59 Å². The minimum atomic E-state index is -0.162. The predicted octanol–water partition coefficient (Wildman–Crippen LogP) is 4.50. The maximum Gasteiger partial charge on any atom is 0.261 e. The van der Waals surface area contributed by atoms with Crippen molar-refractivity contribution in [3.8, 4) is 0 Å². The fourth-order valence-corrected chi connectivity index (χ4v) is 3.59. The van der Waals surface area contributed by atoms with Crippen molar-refractivity contribution in [2.24, 2.45) is 0 Å². The summed E-state index contributed by atoms with van der Waals surface area (Å²) in [4.78, 5) is 31.8. The third-order valence-corrected chi connectivity index (χ3v) is 5.32. The fraction of sp³-hybridized carbons (Fsp3) is 0.160. The summed E-state index contributed by atoms with van der Waals surface area (Å²) in [5.74, 6) is -0.162. The van der Waals surface area contributed by atoms with Gasteiger partial charge in [-0.25, -0.2) is 4.98 Å². The number of carbonyl (C=O) groups is 1. The van der Waals surface area contributed by atoms with E-state index in [0.717, 1.165) is 22.6 Å². The molecular weight excluding hydrogens is 388 g/mol. The Balaban J connectivity index is 1.49. The van der Waals surface area contributed by atoms with Gasteiger partial charge in [-0.3, -0.25) is 14.2 Å². The minimum Gasteiger partial charge on any atom is -0.343 e. The summed E-state index contributed by atoms with van der Waals surface area (Å²) in [5, 5.41) is 3.55. The number of hydrogen-bond donors (Lipinski definition) is 1. The molecule has 156 valence electrons. The van der Waals surface area contributed by atoms with E-state index in [-0.39, 0.29) is 24.4 Å². The monoisotopic (exact) mass is 412 g/mol. The number of carbonyl (C=O) groups excluding carboxylic acids is 1. The van der Waals surface area contributed by atoms with Gasteiger partial charge in [0.05, 0.1) is 28.6 Å². The van der Waals surface area contributed by atoms with E-state index in [1.807, 2.05) is 85.6 Å². The van der Waals surface area contributed by atoms with Crippen LogP contribution in [0.3, 0.4) is 0 Å². The number of amides is 1. The molecule has 0 aliphatic heterocycles. The first-order valence-corrected chi connectivity index (χ1v) is 10.2. The third-order valence-electron chi connectivity index (χ3n) is 5.32. The standard InChI is InChI=1S/C25H24N4O2/c1-18-9-8-12-20-24(18)26-17-29(25(20)31)16-15-23(30)27-21-13-6-7-14-22(21)28(2)19-10-4-3-5-11-19/h3-14,17H,15-16H2,1-2H3,(H,27,30). The molecule has 6 nitrogen and oxygen atoms in total. The second kappa shape index (κ2) is 8.83. The number of aryl methyl sites for hydroxylation is 2. The molecule has 0 unspecified atom stereocenters. The molecule has 0 spiro atoms. The van der Waals surface area contributed by atoms with Crippen LogP contribution in [0.5, 0.6) is 0 Å². The molecule has 0 aliphatic rings. The van der Waals surface area contributed by atoms with Crippen LogP contribution in [0.15, 0.2) is 83.9 Å². The average molecular weight is 412 g/mol. The Morgan fingerprint density at radius 3 is 2.55 bits per heavy atom. The lowest BCUT2D eigenvalue weighted by atomic mass is 10.1. The van der Waals surface area contributed by atoms with Crippen LogP contribution in [0.4, 0.5) is 17.1 Å². The molecule has 4 aromatic rings. The molecule has 0 aliphatic carbocycles. The van der Waals surface area contributed by atoms with Gasteiger partial charge in [-0.15, -0.1) is 0 Å². The topological polar surface area (TPSA) is 67.2 Å². The first kappa shape index (κ1) is 20.3. The van der Waals surface area contributed by atoms with E-state index >= 15 is 0 Å². The number of nitrogens with zero attached hydrogens (tertiary/aromatic N) is 3. The van der Waals surface area contributed by atoms with Crippen LogP contribution < -0.4 is 15.8 Å². The van der Waals surface area contributed by atoms with E-state index < -0.39 is 0 Å². The van der Waals surface area contributed by atoms with Crippen LogP contribution in [-0.2, 0) is 11.3 Å². The number of aromatic nitrogens is 2. The number of para-hydroxylation sites is 4. The molecule has 0 saturated carbocycles. The van der Waals surface area contributed by atoms with E-state index in [4.69, 9.17) is 0 Å². The zero-order valence-electron chi connectivity index (χ0n) is 17.6. The van der Waals surface area contributed by atoms with Gasteiger partial charge in [0.15, 0.2) is 0 Å². The summed E-state index contributed by atoms with van der Waals surface area (Å²) >= 11 is 0. The van der Waals surface area contributed by atoms with Gasteiger partial charge in [0.2, 0.25) is 5.91 Å². The highest BCUT2D eigenvalue weighted by molar-refractivity contribution is 5.95. The Morgan fingerprint density at radius 2 is 1.74 bits per heavy atom. The lowest BCUT2D eigenvalue weighted by Crippen LogP contribution is -2.24. The Labute approximate surface area is 180 Å². The molecule has 3 aromatic carbocycles. The molecule has 1 heterocycles. The van der Waals surface area contributed by atoms with E-state index in [2.05, 4.69) is 10.3 Å². The summed E-state index contributed by atoms with van der Waals surface area (Å²) in [6, 6.07) is 23.1. The van der Waals surface area contributed by atoms with Gasteiger partial charge in [0.1, 0.15) is 0 Å². The van der Waals surface area contributed by atoms with Crippen LogP contribution in [0.2, 0.25) is 0 Å². The summed E-state index contributed by atoms with van der Waals surface area (Å²) in [6.07, 6.45) is 1.68. The van der Waals surface area contributed by atoms with Crippen molar-refractivity contribution >= 4 is 33.9 Å². The van der Waals surface area contributed by atoms with E-state index in [1.54, 1.807) is 6.07 Å². The Bertz CT molecular complexity index is 1280. The van der Waals surface area contributed by atoms with E-state index in [0.29, 0.717) is 10.9 Å². The molecule has 0 fully saturated rings. The Kier molecular flexibility index (Phi) is 5.80. The van der Waals surface area contributed by atoms with Crippen LogP contribution in [0, 0.1) is 6.92 Å². The zero-order chi connectivity index (χ0) is 21.8. The van der Waals surface area contributed by atoms with E-state index in [1.165, 1.54) is 10.9 Å². The molecule has 1 amide bonds. The molecular formula is C25H24N4O2. The van der Waals surface area contributed by atoms with Crippen molar-refractivity contribution in [1.29, 1.82) is 0 Å². The maximum atomic E-state index is 12.7. The summed E-state index contributed by atoms with van der Waals surface area (Å²) in [5.41, 5.74) is 4.16. The van der Waals surface area contributed by atoms with Gasteiger partial charge >= 0.3 is 0 Å². The zero-order valence-corrected chi connectivity index (χ0v) is 17.6. The molecule has 31 heavy (non-hydrogen) atoms. The number of anilines is 3. The second-order valence-corrected chi connectivity index (χ2v) is 7.42. The molecule has 0 atom stereocenters. The second-order valence-electron chi connectivity index (χ2n) is 7.42. The van der Waals surface area contributed by atoms with Gasteiger partial charge in [-0.2, -0.15) is 0 Å². The van der Waals surface area contributed by atoms with Crippen LogP contribution in [0.25, 0.3) is 10.9 Å². The quantitative estimate of drug-likeness (QED) is 0.506. The van der Waals surface area contributed by atoms with Crippen molar-refractivity contribution < 1.29 is 4.79 Å². The first-order valence-electron chi connectivity index (χ1n) is 10.2. The van der Waals surface area contributed by atoms with Crippen LogP contribution >= 0.6 is 0 Å². The molecule has 0 saturated heterocycles. The summed E-state index contributed by atoms with van der Waals surface area (Å²) in [7, 11) is 1.96. The number of rotatable bonds is 6. The number of benzene rings is 3. The van der Waals surface area contributed by atoms with Crippen molar-refractivity contribution in [3.63, 3.8) is 0 Å². The number of nitrogens with one attached hydrogen (secondary N) is 1. The van der Waals surface area contributed by atoms with Crippen molar-refractivity contribution in [3.05, 3.63) is 95.0 Å². The van der Waals surface area contributed by atoms with Gasteiger partial charge < -0.3 is 10.2 Å². The Hall–Kier alpha value is -3.93. The predicted molar refractivity (Wildman–Crippen MR) is 125 cm³/mol. The number of fused-ring (bicyclic) bond motifs is 1. The molecule has 1 N–H and O–H groups in total. The summed E-state index contributed by atoms with van der Waals surface area (Å²) < 4.78 is 1.49. The summed E-state index contributed by atoms with van der Waals surface area (Å²) in [6.45, 7) is 2.19. The van der Waals surface area contributed by atoms with Crippen LogP contribution in [0.1, 0.15) is 12.0 Å². The first-order chi connectivity index (χ1) is 15.0. The van der Waals surface area contributed by atoms with Gasteiger partial charge in [-0.05, 0) is 42.8 Å². The minimum absolute atomic E-state index is 0.134. The number of hydrogen-bond acceptors (Lipinski definition) is 4. The van der Waals surface area contributed by atoms with Crippen molar-refractivity contribution in [2.75, 3.05) is 17.3 Å². The molecule has 0 bridgehead atoms. The van der Waals surface area contributed by atoms with Crippen molar-refractivity contribution in [2.45, 2.75) is 19.9 Å². The highest BCUT2D eigenvalue weighted by Gasteiger charge is 2.12. The SMILES string of the molecule is Cc1cccc2c(=O)n(CCC(=O)Nc3ccccc3N(C)c3ccccc3)cnc12. The lowest BCUT2D eigenvalue weighted by molar-refractivity contribution is -0.116. The molecule has 1 aromatic heterocycles. The normalized spacial score (nSPS) is 10.8. The lowest BCUT2D eigenvalue weighted by Gasteiger charge is -2.22. The maximum absolute atomic E-state index is 12.7. The largest absolute Gasteiger partial charge is 0.343 e. The molecule has 0 radical (unpaired) electrons. The Morgan fingerprint density at radius 1 is 1.00 bits per heavy atom. The average Bonchev–Trinajstić information content (AvgIpc) is 2.80. The third kappa shape index (κ3) is 4.33. The molecule has 4 rings (SSSR count). The molecule has 6 heteroatoms.